The highest BCUT2D eigenvalue weighted by Gasteiger charge is 2.24. The van der Waals surface area contributed by atoms with E-state index in [-0.39, 0.29) is 10.8 Å². The fourth-order valence-electron chi connectivity index (χ4n) is 2.15. The molecule has 0 saturated heterocycles. The molecule has 0 aliphatic carbocycles. The summed E-state index contributed by atoms with van der Waals surface area (Å²) in [5.41, 5.74) is 2.88. The van der Waals surface area contributed by atoms with Crippen LogP contribution >= 0.6 is 0 Å². The highest BCUT2D eigenvalue weighted by Crippen LogP contribution is 2.21. The summed E-state index contributed by atoms with van der Waals surface area (Å²) in [6, 6.07) is 5.26. The van der Waals surface area contributed by atoms with Crippen molar-refractivity contribution in [3.63, 3.8) is 0 Å². The van der Waals surface area contributed by atoms with Crippen LogP contribution in [0.3, 0.4) is 0 Å². The smallest absolute Gasteiger partial charge is 0.260 e. The lowest BCUT2D eigenvalue weighted by atomic mass is 10.2. The zero-order valence-electron chi connectivity index (χ0n) is 12.0. The molecule has 0 fully saturated rings. The van der Waals surface area contributed by atoms with E-state index in [2.05, 4.69) is 22.1 Å². The largest absolute Gasteiger partial charge is 0.306 e. The molecule has 7 nitrogen and oxygen atoms in total. The van der Waals surface area contributed by atoms with Crippen LogP contribution in [-0.4, -0.2) is 24.3 Å². The van der Waals surface area contributed by atoms with Crippen LogP contribution in [0, 0.1) is 0 Å². The van der Waals surface area contributed by atoms with Crippen molar-refractivity contribution in [1.82, 2.24) is 14.1 Å². The van der Waals surface area contributed by atoms with Crippen molar-refractivity contribution in [3.8, 4) is 0 Å². The van der Waals surface area contributed by atoms with E-state index >= 15 is 0 Å². The Morgan fingerprint density at radius 3 is 2.81 bits per heavy atom. The Hall–Kier alpha value is -1.64. The molecule has 0 aliphatic heterocycles. The third-order valence-electron chi connectivity index (χ3n) is 3.20. The number of anilines is 1. The second kappa shape index (κ2) is 6.88. The minimum atomic E-state index is -3.67. The van der Waals surface area contributed by atoms with E-state index in [0.717, 1.165) is 25.7 Å². The molecule has 4 N–H and O–H groups in total. The Bertz CT molecular complexity index is 696. The van der Waals surface area contributed by atoms with Crippen LogP contribution in [0.1, 0.15) is 32.6 Å². The zero-order chi connectivity index (χ0) is 15.3. The Balaban J connectivity index is 2.23. The number of rotatable bonds is 8. The number of fused-ring (bicyclic) bond motifs is 1. The lowest BCUT2D eigenvalue weighted by molar-refractivity contribution is 0.569. The van der Waals surface area contributed by atoms with Gasteiger partial charge in [-0.15, -0.1) is 0 Å². The van der Waals surface area contributed by atoms with E-state index in [1.807, 2.05) is 0 Å². The Labute approximate surface area is 124 Å². The lowest BCUT2D eigenvalue weighted by Gasteiger charge is -2.08. The minimum Gasteiger partial charge on any atom is -0.306 e. The van der Waals surface area contributed by atoms with Gasteiger partial charge in [0.05, 0.1) is 0 Å². The maximum absolute atomic E-state index is 12.5. The fraction of sp³-hybridized carbons (Fsp3) is 0.462. The number of hydrazine groups is 1. The number of unbranched alkanes of at least 4 members (excludes halogenated alkanes) is 3. The van der Waals surface area contributed by atoms with Gasteiger partial charge in [-0.2, -0.15) is 0 Å². The monoisotopic (exact) mass is 311 g/mol. The molecule has 116 valence electrons. The molecule has 2 aromatic rings. The molecule has 2 rings (SSSR count). The molecular formula is C13H21N5O2S. The molecule has 21 heavy (non-hydrogen) atoms. The van der Waals surface area contributed by atoms with Crippen molar-refractivity contribution < 1.29 is 8.42 Å². The molecule has 0 saturated carbocycles. The van der Waals surface area contributed by atoms with Gasteiger partial charge < -0.3 is 5.43 Å². The third-order valence-corrected chi connectivity index (χ3v) is 4.68. The van der Waals surface area contributed by atoms with Crippen LogP contribution in [0.5, 0.6) is 0 Å². The SMILES string of the molecule is CCCCCCNS(=O)(=O)c1c(NN)nc2ccccn12. The quantitative estimate of drug-likeness (QED) is 0.389. The fourth-order valence-corrected chi connectivity index (χ4v) is 3.47. The number of pyridine rings is 1. The summed E-state index contributed by atoms with van der Waals surface area (Å²) in [6.07, 6.45) is 5.69. The summed E-state index contributed by atoms with van der Waals surface area (Å²) in [6.45, 7) is 2.52. The number of hydrogen-bond donors (Lipinski definition) is 3. The van der Waals surface area contributed by atoms with E-state index < -0.39 is 10.0 Å². The van der Waals surface area contributed by atoms with Crippen molar-refractivity contribution in [3.05, 3.63) is 24.4 Å². The molecule has 0 atom stereocenters. The maximum atomic E-state index is 12.5. The Morgan fingerprint density at radius 1 is 1.29 bits per heavy atom. The molecule has 0 bridgehead atoms. The molecule has 0 unspecified atom stereocenters. The van der Waals surface area contributed by atoms with Gasteiger partial charge in [0.25, 0.3) is 10.0 Å². The van der Waals surface area contributed by atoms with E-state index in [1.54, 1.807) is 24.4 Å². The molecule has 0 aliphatic rings. The summed E-state index contributed by atoms with van der Waals surface area (Å²) in [5, 5.41) is 0.0380. The second-order valence-corrected chi connectivity index (χ2v) is 6.48. The molecule has 0 spiro atoms. The average molecular weight is 311 g/mol. The summed E-state index contributed by atoms with van der Waals surface area (Å²) in [7, 11) is -3.67. The van der Waals surface area contributed by atoms with Gasteiger partial charge in [0.15, 0.2) is 10.8 Å². The summed E-state index contributed by atoms with van der Waals surface area (Å²) >= 11 is 0. The highest BCUT2D eigenvalue weighted by molar-refractivity contribution is 7.89. The summed E-state index contributed by atoms with van der Waals surface area (Å²) < 4.78 is 29.0. The molecule has 0 radical (unpaired) electrons. The van der Waals surface area contributed by atoms with Gasteiger partial charge in [-0.25, -0.2) is 24.0 Å². The van der Waals surface area contributed by atoms with Gasteiger partial charge in [0, 0.05) is 12.7 Å². The first-order chi connectivity index (χ1) is 10.1. The number of imidazole rings is 1. The topological polar surface area (TPSA) is 102 Å². The maximum Gasteiger partial charge on any atom is 0.260 e. The van der Waals surface area contributed by atoms with E-state index in [9.17, 15) is 8.42 Å². The van der Waals surface area contributed by atoms with Crippen LogP contribution in [0.15, 0.2) is 29.4 Å². The van der Waals surface area contributed by atoms with Gasteiger partial charge in [0.2, 0.25) is 0 Å². The Kier molecular flexibility index (Phi) is 5.16. The Morgan fingerprint density at radius 2 is 2.10 bits per heavy atom. The molecule has 2 aromatic heterocycles. The second-order valence-electron chi connectivity index (χ2n) is 4.80. The number of sulfonamides is 1. The molecular weight excluding hydrogens is 290 g/mol. The summed E-state index contributed by atoms with van der Waals surface area (Å²) in [4.78, 5) is 4.16. The van der Waals surface area contributed by atoms with Gasteiger partial charge in [-0.1, -0.05) is 32.3 Å². The molecule has 0 aromatic carbocycles. The molecule has 0 amide bonds. The van der Waals surface area contributed by atoms with Crippen molar-refractivity contribution in [1.29, 1.82) is 0 Å². The van der Waals surface area contributed by atoms with Crippen LogP contribution in [0.4, 0.5) is 5.82 Å². The van der Waals surface area contributed by atoms with E-state index in [0.29, 0.717) is 12.2 Å². The third kappa shape index (κ3) is 3.52. The number of aromatic nitrogens is 2. The van der Waals surface area contributed by atoms with Crippen LogP contribution in [0.25, 0.3) is 5.65 Å². The predicted molar refractivity (Wildman–Crippen MR) is 82.3 cm³/mol. The van der Waals surface area contributed by atoms with Gasteiger partial charge in [0.1, 0.15) is 5.65 Å². The number of nitrogens with one attached hydrogen (secondary N) is 2. The normalized spacial score (nSPS) is 11.9. The standard InChI is InChI=1S/C13H21N5O2S/c1-2-3-4-6-9-15-21(19,20)13-12(17-14)16-11-8-5-7-10-18(11)13/h5,7-8,10,15,17H,2-4,6,9,14H2,1H3. The molecule has 2 heterocycles. The van der Waals surface area contributed by atoms with E-state index in [1.165, 1.54) is 4.40 Å². The van der Waals surface area contributed by atoms with Crippen molar-refractivity contribution in [2.24, 2.45) is 5.84 Å². The first kappa shape index (κ1) is 15.7. The highest BCUT2D eigenvalue weighted by atomic mass is 32.2. The number of hydrogen-bond acceptors (Lipinski definition) is 5. The first-order valence-electron chi connectivity index (χ1n) is 7.03. The van der Waals surface area contributed by atoms with Gasteiger partial charge >= 0.3 is 0 Å². The summed E-state index contributed by atoms with van der Waals surface area (Å²) in [5.74, 6) is 5.53. The number of nitrogens with two attached hydrogens (primary N) is 1. The van der Waals surface area contributed by atoms with Crippen molar-refractivity contribution in [2.75, 3.05) is 12.0 Å². The van der Waals surface area contributed by atoms with E-state index in [4.69, 9.17) is 5.84 Å². The predicted octanol–water partition coefficient (Wildman–Crippen LogP) is 1.48. The number of nitrogens with zero attached hydrogens (tertiary/aromatic N) is 2. The van der Waals surface area contributed by atoms with Gasteiger partial charge in [-0.3, -0.25) is 4.40 Å². The number of nitrogen functional groups attached to an aromatic ring is 1. The van der Waals surface area contributed by atoms with Crippen molar-refractivity contribution >= 4 is 21.5 Å². The minimum absolute atomic E-state index is 0.0380. The van der Waals surface area contributed by atoms with Crippen LogP contribution in [0.2, 0.25) is 0 Å². The first-order valence-corrected chi connectivity index (χ1v) is 8.52. The van der Waals surface area contributed by atoms with Crippen LogP contribution < -0.4 is 16.0 Å². The van der Waals surface area contributed by atoms with Crippen molar-refractivity contribution in [2.45, 2.75) is 37.6 Å². The van der Waals surface area contributed by atoms with Gasteiger partial charge in [-0.05, 0) is 18.6 Å². The molecule has 8 heteroatoms. The average Bonchev–Trinajstić information content (AvgIpc) is 2.86. The lowest BCUT2D eigenvalue weighted by Crippen LogP contribution is -2.27. The van der Waals surface area contributed by atoms with Crippen LogP contribution in [-0.2, 0) is 10.0 Å². The zero-order valence-corrected chi connectivity index (χ0v) is 12.9.